The van der Waals surface area contributed by atoms with E-state index < -0.39 is 11.6 Å². The number of amidine groups is 1. The van der Waals surface area contributed by atoms with Crippen LogP contribution in [0.3, 0.4) is 0 Å². The summed E-state index contributed by atoms with van der Waals surface area (Å²) in [6.07, 6.45) is 2.00. The molecule has 6 rings (SSSR count). The summed E-state index contributed by atoms with van der Waals surface area (Å²) in [6, 6.07) is 23.4. The summed E-state index contributed by atoms with van der Waals surface area (Å²) < 4.78 is 32.2. The summed E-state index contributed by atoms with van der Waals surface area (Å²) in [5.41, 5.74) is 10.6. The molecule has 0 radical (unpaired) electrons. The van der Waals surface area contributed by atoms with E-state index in [1.54, 1.807) is 12.1 Å². The second kappa shape index (κ2) is 28.0. The molecule has 0 aliphatic carbocycles. The first kappa shape index (κ1) is 59.8. The third kappa shape index (κ3) is 17.7. The third-order valence-corrected chi connectivity index (χ3v) is 15.5. The summed E-state index contributed by atoms with van der Waals surface area (Å²) >= 11 is 7.68. The zero-order valence-corrected chi connectivity index (χ0v) is 47.4. The van der Waals surface area contributed by atoms with E-state index in [1.165, 1.54) is 48.7 Å². The number of likely N-dealkylation sites (N-methyl/N-ethyl adjacent to an activating group) is 1. The molecule has 2 saturated heterocycles. The lowest BCUT2D eigenvalue weighted by Gasteiger charge is -2.36. The highest BCUT2D eigenvalue weighted by Gasteiger charge is 2.27. The Balaban J connectivity index is 0.000000299. The molecule has 10 nitrogen and oxygen atoms in total. The third-order valence-electron chi connectivity index (χ3n) is 13.1. The molecule has 0 saturated carbocycles. The highest BCUT2D eigenvalue weighted by molar-refractivity contribution is 8.00. The number of nitrogens with two attached hydrogens (primary N) is 1. The zero-order valence-electron chi connectivity index (χ0n) is 44.8. The number of phenols is 1. The zero-order chi connectivity index (χ0) is 52.6. The molecule has 4 aromatic carbocycles. The van der Waals surface area contributed by atoms with Gasteiger partial charge in [0, 0.05) is 73.5 Å². The summed E-state index contributed by atoms with van der Waals surface area (Å²) in [6.45, 7) is 32.9. The minimum atomic E-state index is -0.593. The number of hydrogen-bond donors (Lipinski definition) is 7. The molecule has 4 aromatic rings. The molecule has 5 unspecified atom stereocenters. The van der Waals surface area contributed by atoms with Crippen LogP contribution in [-0.4, -0.2) is 93.7 Å². The van der Waals surface area contributed by atoms with Gasteiger partial charge in [-0.1, -0.05) is 125 Å². The maximum Gasteiger partial charge on any atom is 0.165 e. The predicted octanol–water partition coefficient (Wildman–Crippen LogP) is 10.6. The number of benzene rings is 4. The van der Waals surface area contributed by atoms with Gasteiger partial charge in [-0.25, -0.2) is 8.78 Å². The van der Waals surface area contributed by atoms with Crippen LogP contribution in [0.5, 0.6) is 5.75 Å². The van der Waals surface area contributed by atoms with Crippen molar-refractivity contribution in [3.63, 3.8) is 0 Å². The van der Waals surface area contributed by atoms with Crippen molar-refractivity contribution in [1.29, 1.82) is 0 Å². The molecular weight excluding hydrogens is 951 g/mol. The maximum absolute atomic E-state index is 14.5. The van der Waals surface area contributed by atoms with E-state index >= 15 is 0 Å². The SMILES string of the molecule is C=C(CN1CCNCC1)N(C)C(NC)c1cc(O)c(F)cc1Pc1ccc(C(C)(C)C)cc1.CCC(NC(=NC(C)c1cc(Cl)c(F)cc1NSc1ccc(C(C)(C)C)cc1)C(C)C)C1CCNC1.CN. The fraction of sp³-hybridized carbons (Fsp3) is 0.518. The van der Waals surface area contributed by atoms with E-state index in [-0.39, 0.29) is 48.3 Å². The molecule has 0 aromatic heterocycles. The number of aliphatic imine (C=N–C) groups is 1. The van der Waals surface area contributed by atoms with Gasteiger partial charge in [0.1, 0.15) is 12.0 Å². The number of aromatic hydroxyl groups is 1. The highest BCUT2D eigenvalue weighted by atomic mass is 35.5. The van der Waals surface area contributed by atoms with Crippen molar-refractivity contribution < 1.29 is 13.9 Å². The molecule has 0 amide bonds. The Labute approximate surface area is 437 Å². The van der Waals surface area contributed by atoms with Crippen LogP contribution in [0.15, 0.2) is 95.0 Å². The lowest BCUT2D eigenvalue weighted by atomic mass is 9.87. The summed E-state index contributed by atoms with van der Waals surface area (Å²) in [4.78, 5) is 10.6. The van der Waals surface area contributed by atoms with Crippen molar-refractivity contribution in [2.75, 3.05) is 71.7 Å². The normalized spacial score (nSPS) is 17.0. The van der Waals surface area contributed by atoms with Crippen molar-refractivity contribution in [1.82, 2.24) is 31.1 Å². The van der Waals surface area contributed by atoms with Crippen LogP contribution in [0.4, 0.5) is 14.5 Å². The molecule has 392 valence electrons. The molecule has 2 aliphatic rings. The van der Waals surface area contributed by atoms with E-state index in [0.717, 1.165) is 90.4 Å². The smallest absolute Gasteiger partial charge is 0.165 e. The second-order valence-corrected chi connectivity index (χ2v) is 23.5. The number of halogens is 3. The van der Waals surface area contributed by atoms with Gasteiger partial charge in [0.25, 0.3) is 0 Å². The first-order valence-corrected chi connectivity index (χ1v) is 27.3. The number of phenolic OH excluding ortho intramolecular Hbond substituents is 1. The van der Waals surface area contributed by atoms with Crippen molar-refractivity contribution in [3.8, 4) is 5.75 Å². The summed E-state index contributed by atoms with van der Waals surface area (Å²) in [5.74, 6) is 0.474. The number of anilines is 1. The van der Waals surface area contributed by atoms with E-state index in [2.05, 4.69) is 159 Å². The Morgan fingerprint density at radius 2 is 1.52 bits per heavy atom. The fourth-order valence-corrected chi connectivity index (χ4v) is 10.7. The van der Waals surface area contributed by atoms with E-state index in [9.17, 15) is 13.9 Å². The number of nitrogens with one attached hydrogen (secondary N) is 5. The lowest BCUT2D eigenvalue weighted by Crippen LogP contribution is -2.46. The van der Waals surface area contributed by atoms with Crippen LogP contribution in [0.1, 0.15) is 117 Å². The first-order chi connectivity index (χ1) is 33.6. The second-order valence-electron chi connectivity index (χ2n) is 20.8. The number of hydrogen-bond acceptors (Lipinski definition) is 10. The van der Waals surface area contributed by atoms with Crippen LogP contribution in [0.2, 0.25) is 5.02 Å². The lowest BCUT2D eigenvalue weighted by molar-refractivity contribution is 0.208. The molecular formula is C56H85ClF2N9OPS. The van der Waals surface area contributed by atoms with Gasteiger partial charge in [-0.2, -0.15) is 0 Å². The highest BCUT2D eigenvalue weighted by Crippen LogP contribution is 2.35. The van der Waals surface area contributed by atoms with Crippen molar-refractivity contribution in [3.05, 3.63) is 124 Å². The van der Waals surface area contributed by atoms with Crippen molar-refractivity contribution >= 4 is 54.3 Å². The van der Waals surface area contributed by atoms with Gasteiger partial charge in [-0.3, -0.25) is 15.2 Å². The van der Waals surface area contributed by atoms with Gasteiger partial charge in [0.15, 0.2) is 11.6 Å². The maximum atomic E-state index is 14.5. The molecule has 0 bridgehead atoms. The number of nitrogens with zero attached hydrogens (tertiary/aromatic N) is 3. The Morgan fingerprint density at radius 3 is 2.06 bits per heavy atom. The Bertz CT molecular complexity index is 2310. The Hall–Kier alpha value is -3.78. The topological polar surface area (TPSA) is 125 Å². The monoisotopic (exact) mass is 1040 g/mol. The summed E-state index contributed by atoms with van der Waals surface area (Å²) in [7, 11) is 5.65. The van der Waals surface area contributed by atoms with E-state index in [0.29, 0.717) is 17.6 Å². The van der Waals surface area contributed by atoms with Crippen molar-refractivity contribution in [2.24, 2.45) is 22.6 Å². The molecule has 15 heteroatoms. The molecule has 2 heterocycles. The average Bonchev–Trinajstić information content (AvgIpc) is 3.88. The number of piperazine rings is 1. The van der Waals surface area contributed by atoms with E-state index in [4.69, 9.17) is 16.6 Å². The molecule has 8 N–H and O–H groups in total. The van der Waals surface area contributed by atoms with Crippen LogP contribution in [0, 0.1) is 23.5 Å². The largest absolute Gasteiger partial charge is 0.505 e. The Kier molecular flexibility index (Phi) is 23.6. The van der Waals surface area contributed by atoms with E-state index in [1.807, 2.05) is 21.0 Å². The number of rotatable bonds is 17. The quantitative estimate of drug-likeness (QED) is 0.0181. The van der Waals surface area contributed by atoms with Crippen LogP contribution >= 0.6 is 32.1 Å². The van der Waals surface area contributed by atoms with Gasteiger partial charge < -0.3 is 36.4 Å². The molecule has 5 atom stereocenters. The van der Waals surface area contributed by atoms with Crippen LogP contribution in [0.25, 0.3) is 0 Å². The minimum absolute atomic E-state index is 0.0855. The van der Waals surface area contributed by atoms with Gasteiger partial charge in [-0.15, -0.1) is 0 Å². The van der Waals surface area contributed by atoms with Gasteiger partial charge in [-0.05, 0) is 134 Å². The predicted molar refractivity (Wildman–Crippen MR) is 304 cm³/mol. The standard InChI is InChI=1S/C29H42ClFN4S.C26H38FN4OP.CH5N/c1-8-26(20-13-14-32-17-20)34-28(18(2)3)33-19(4)23-15-24(30)25(31)16-27(23)35-36-22-11-9-21(10-12-22)29(5,6)7;1-18(17-31-13-11-29-12-14-31)30(6)25(28-5)21-15-23(32)22(27)16-24(21)33-20-9-7-19(8-10-20)26(2,3)4;1-2/h9-12,15-16,18-20,26,32,35H,8,13-14,17H2,1-7H3,(H,33,34);7-10,15-16,25,28-29,32-33H,1,11-14,17H2,2-6H3;2H2,1H3. The molecule has 2 fully saturated rings. The van der Waals surface area contributed by atoms with Crippen LogP contribution in [-0.2, 0) is 10.8 Å². The molecule has 2 aliphatic heterocycles. The Morgan fingerprint density at radius 1 is 0.915 bits per heavy atom. The van der Waals surface area contributed by atoms with Gasteiger partial charge in [0.2, 0.25) is 0 Å². The van der Waals surface area contributed by atoms with Crippen molar-refractivity contribution in [2.45, 2.75) is 116 Å². The average molecular weight is 1040 g/mol. The molecule has 0 spiro atoms. The van der Waals surface area contributed by atoms with Crippen LogP contribution < -0.4 is 42.3 Å². The summed E-state index contributed by atoms with van der Waals surface area (Å²) in [5, 5.41) is 26.2. The molecule has 71 heavy (non-hydrogen) atoms. The fourth-order valence-electron chi connectivity index (χ4n) is 8.63. The minimum Gasteiger partial charge on any atom is -0.505 e. The van der Waals surface area contributed by atoms with Gasteiger partial charge in [0.05, 0.1) is 22.6 Å². The van der Waals surface area contributed by atoms with Gasteiger partial charge >= 0.3 is 0 Å². The first-order valence-electron chi connectivity index (χ1n) is 25.1.